The molecule has 0 aromatic carbocycles. The third kappa shape index (κ3) is 25.7. The molecule has 0 aromatic rings. The van der Waals surface area contributed by atoms with Gasteiger partial charge in [0.05, 0.1) is 18.8 Å². The molecule has 1 aliphatic heterocycles. The van der Waals surface area contributed by atoms with E-state index in [0.29, 0.717) is 31.5 Å². The van der Waals surface area contributed by atoms with Crippen LogP contribution < -0.4 is 0 Å². The fourth-order valence-electron chi connectivity index (χ4n) is 6.82. The molecule has 14 nitrogen and oxygen atoms in total. The Hall–Kier alpha value is -2.49. The molecular formula is C47H79O14P. The van der Waals surface area contributed by atoms with Gasteiger partial charge >= 0.3 is 19.8 Å². The van der Waals surface area contributed by atoms with Crippen molar-refractivity contribution in [2.24, 2.45) is 0 Å². The van der Waals surface area contributed by atoms with Crippen LogP contribution >= 0.6 is 7.82 Å². The Kier molecular flexibility index (Phi) is 30.5. The van der Waals surface area contributed by atoms with Crippen LogP contribution in [0, 0.1) is 0 Å². The van der Waals surface area contributed by atoms with E-state index in [0.717, 1.165) is 70.6 Å². The van der Waals surface area contributed by atoms with Gasteiger partial charge in [0.2, 0.25) is 0 Å². The van der Waals surface area contributed by atoms with Crippen molar-refractivity contribution in [1.82, 2.24) is 0 Å². The van der Waals surface area contributed by atoms with E-state index in [2.05, 4.69) is 62.5 Å². The molecule has 1 saturated heterocycles. The molecule has 1 aliphatic carbocycles. The first-order valence-corrected chi connectivity index (χ1v) is 24.7. The van der Waals surface area contributed by atoms with Gasteiger partial charge in [0, 0.05) is 12.8 Å². The van der Waals surface area contributed by atoms with Crippen molar-refractivity contribution < 1.29 is 67.8 Å². The van der Waals surface area contributed by atoms with E-state index in [1.807, 2.05) is 12.2 Å². The zero-order chi connectivity index (χ0) is 45.4. The first kappa shape index (κ1) is 55.6. The standard InChI is InChI=1S/C47H79O14P/c1-3-5-7-9-11-12-13-14-15-16-17-18-21-26-30-34-41(49)59-37(36-58-62(55,56)61-47-45(53)43(51)42(50)44(52)46(47)54)35-57-40(48)33-29-25-22-19-20-24-28-32-39-38(60-39)31-27-23-10-8-6-4-2/h11-12,14-15,19,22-24,27-28,37-39,42-47,50-54H,3-10,13,16-18,20-21,25-26,29-36H2,1-2H3,(H,55,56)/b12-11-,15-14-,22-19-,27-23-,28-24-/t37-,38?,39?,42?,43-,44+,45-,46-,47?/m1/s1. The second kappa shape index (κ2) is 33.9. The van der Waals surface area contributed by atoms with Gasteiger partial charge in [-0.3, -0.25) is 18.6 Å². The maximum atomic E-state index is 12.8. The van der Waals surface area contributed by atoms with Gasteiger partial charge < -0.3 is 44.6 Å². The van der Waals surface area contributed by atoms with Crippen LogP contribution in [0.1, 0.15) is 155 Å². The maximum absolute atomic E-state index is 12.8. The van der Waals surface area contributed by atoms with Gasteiger partial charge in [-0.2, -0.15) is 0 Å². The number of epoxide rings is 1. The van der Waals surface area contributed by atoms with E-state index in [1.54, 1.807) is 0 Å². The van der Waals surface area contributed by atoms with Crippen molar-refractivity contribution >= 4 is 19.8 Å². The molecule has 0 spiro atoms. The lowest BCUT2D eigenvalue weighted by Crippen LogP contribution is -2.64. The smallest absolute Gasteiger partial charge is 0.462 e. The van der Waals surface area contributed by atoms with Gasteiger partial charge in [-0.05, 0) is 83.5 Å². The van der Waals surface area contributed by atoms with Crippen molar-refractivity contribution in [1.29, 1.82) is 0 Å². The van der Waals surface area contributed by atoms with E-state index in [-0.39, 0.29) is 12.8 Å². The molecule has 6 N–H and O–H groups in total. The SMILES string of the molecule is CCCCC/C=C\C/C=C\CCCCCCCC(=O)O[C@H](COC(=O)CCC/C=C\C/C=C\CC1OC1C/C=C\CCCCC)COP(=O)(O)OC1[C@H](O)[C@H](O)C(O)[C@H](O)[C@H]1O. The number of unbranched alkanes of at least 4 members (excludes halogenated alkanes) is 12. The molecule has 5 unspecified atom stereocenters. The average Bonchev–Trinajstić information content (AvgIpc) is 4.01. The number of phosphoric acid groups is 1. The van der Waals surface area contributed by atoms with Crippen molar-refractivity contribution in [3.8, 4) is 0 Å². The fraction of sp³-hybridized carbons (Fsp3) is 0.745. The first-order valence-electron chi connectivity index (χ1n) is 23.2. The molecular weight excluding hydrogens is 819 g/mol. The van der Waals surface area contributed by atoms with Gasteiger partial charge in [0.1, 0.15) is 43.2 Å². The summed E-state index contributed by atoms with van der Waals surface area (Å²) in [5.74, 6) is -1.19. The Balaban J connectivity index is 1.74. The number of phosphoric ester groups is 1. The van der Waals surface area contributed by atoms with Gasteiger partial charge in [-0.15, -0.1) is 0 Å². The van der Waals surface area contributed by atoms with Gasteiger partial charge in [-0.1, -0.05) is 120 Å². The number of carbonyl (C=O) groups is 2. The van der Waals surface area contributed by atoms with E-state index in [4.69, 9.17) is 23.3 Å². The number of allylic oxidation sites excluding steroid dienone is 8. The number of carbonyl (C=O) groups excluding carboxylic acids is 2. The largest absolute Gasteiger partial charge is 0.472 e. The van der Waals surface area contributed by atoms with Crippen LogP contribution in [0.3, 0.4) is 0 Å². The van der Waals surface area contributed by atoms with E-state index < -0.39 is 75.7 Å². The van der Waals surface area contributed by atoms with Crippen LogP contribution in [0.2, 0.25) is 0 Å². The van der Waals surface area contributed by atoms with Crippen LogP contribution in [-0.4, -0.2) is 111 Å². The number of aliphatic hydroxyl groups is 5. The van der Waals surface area contributed by atoms with Crippen molar-refractivity contribution in [2.75, 3.05) is 13.2 Å². The minimum Gasteiger partial charge on any atom is -0.462 e. The van der Waals surface area contributed by atoms with Gasteiger partial charge in [-0.25, -0.2) is 4.57 Å². The average molecular weight is 899 g/mol. The molecule has 1 heterocycles. The molecule has 0 bridgehead atoms. The second-order valence-corrected chi connectivity index (χ2v) is 17.7. The molecule has 1 saturated carbocycles. The molecule has 10 atom stereocenters. The lowest BCUT2D eigenvalue weighted by atomic mass is 9.85. The fourth-order valence-corrected chi connectivity index (χ4v) is 7.79. The Morgan fingerprint density at radius 2 is 1.02 bits per heavy atom. The predicted molar refractivity (Wildman–Crippen MR) is 239 cm³/mol. The molecule has 356 valence electrons. The molecule has 0 radical (unpaired) electrons. The second-order valence-electron chi connectivity index (χ2n) is 16.3. The molecule has 2 aliphatic rings. The third-order valence-electron chi connectivity index (χ3n) is 10.7. The predicted octanol–water partition coefficient (Wildman–Crippen LogP) is 7.93. The Morgan fingerprint density at radius 3 is 1.60 bits per heavy atom. The number of hydrogen-bond donors (Lipinski definition) is 6. The number of hydrogen-bond acceptors (Lipinski definition) is 13. The summed E-state index contributed by atoms with van der Waals surface area (Å²) in [6.45, 7) is 3.16. The molecule has 15 heteroatoms. The topological polar surface area (TPSA) is 222 Å². The highest BCUT2D eigenvalue weighted by atomic mass is 31.2. The van der Waals surface area contributed by atoms with Gasteiger partial charge in [0.25, 0.3) is 0 Å². The highest BCUT2D eigenvalue weighted by Gasteiger charge is 2.51. The monoisotopic (exact) mass is 899 g/mol. The summed E-state index contributed by atoms with van der Waals surface area (Å²) in [5, 5.41) is 50.2. The zero-order valence-corrected chi connectivity index (χ0v) is 38.2. The summed E-state index contributed by atoms with van der Waals surface area (Å²) in [4.78, 5) is 35.7. The van der Waals surface area contributed by atoms with Crippen LogP contribution in [0.4, 0.5) is 0 Å². The summed E-state index contributed by atoms with van der Waals surface area (Å²) in [6.07, 6.45) is 28.8. The summed E-state index contributed by atoms with van der Waals surface area (Å²) in [7, 11) is -5.14. The van der Waals surface area contributed by atoms with Crippen LogP contribution in [0.25, 0.3) is 0 Å². The van der Waals surface area contributed by atoms with Crippen LogP contribution in [-0.2, 0) is 37.4 Å². The highest BCUT2D eigenvalue weighted by Crippen LogP contribution is 2.47. The lowest BCUT2D eigenvalue weighted by Gasteiger charge is -2.41. The van der Waals surface area contributed by atoms with E-state index >= 15 is 0 Å². The summed E-state index contributed by atoms with van der Waals surface area (Å²) in [6, 6.07) is 0. The van der Waals surface area contributed by atoms with E-state index in [9.17, 15) is 44.6 Å². The van der Waals surface area contributed by atoms with Crippen molar-refractivity contribution in [3.63, 3.8) is 0 Å². The summed E-state index contributed by atoms with van der Waals surface area (Å²) < 4.78 is 39.2. The Labute approximate surface area is 370 Å². The molecule has 0 amide bonds. The minimum absolute atomic E-state index is 0.0635. The number of aliphatic hydroxyl groups excluding tert-OH is 5. The highest BCUT2D eigenvalue weighted by molar-refractivity contribution is 7.47. The van der Waals surface area contributed by atoms with Crippen molar-refractivity contribution in [3.05, 3.63) is 60.8 Å². The molecule has 2 fully saturated rings. The lowest BCUT2D eigenvalue weighted by molar-refractivity contribution is -0.220. The van der Waals surface area contributed by atoms with Crippen LogP contribution in [0.15, 0.2) is 60.8 Å². The minimum atomic E-state index is -5.14. The normalized spacial score (nSPS) is 25.7. The van der Waals surface area contributed by atoms with Gasteiger partial charge in [0.15, 0.2) is 6.10 Å². The summed E-state index contributed by atoms with van der Waals surface area (Å²) in [5.41, 5.74) is 0. The molecule has 2 rings (SSSR count). The molecule has 62 heavy (non-hydrogen) atoms. The first-order chi connectivity index (χ1) is 29.9. The number of esters is 2. The Bertz CT molecular complexity index is 1380. The van der Waals surface area contributed by atoms with Crippen molar-refractivity contribution in [2.45, 2.75) is 210 Å². The van der Waals surface area contributed by atoms with E-state index in [1.165, 1.54) is 38.5 Å². The molecule has 0 aromatic heterocycles. The number of ether oxygens (including phenoxy) is 3. The Morgan fingerprint density at radius 1 is 0.565 bits per heavy atom. The number of rotatable bonds is 36. The summed E-state index contributed by atoms with van der Waals surface area (Å²) >= 11 is 0. The zero-order valence-electron chi connectivity index (χ0n) is 37.3. The maximum Gasteiger partial charge on any atom is 0.472 e. The third-order valence-corrected chi connectivity index (χ3v) is 11.7. The quantitative estimate of drug-likeness (QED) is 0.0116. The van der Waals surface area contributed by atoms with Crippen LogP contribution in [0.5, 0.6) is 0 Å².